The number of carbonyl (C=O) groups is 3. The van der Waals surface area contributed by atoms with Gasteiger partial charge in [-0.25, -0.2) is 9.59 Å². The fraction of sp³-hybridized carbons (Fsp3) is 0. The van der Waals surface area contributed by atoms with E-state index in [1.165, 1.54) is 18.2 Å². The molecule has 0 bridgehead atoms. The van der Waals surface area contributed by atoms with E-state index in [1.54, 1.807) is 42.5 Å². The minimum Gasteiger partial charge on any atom is -0.478 e. The minimum atomic E-state index is -1.42. The van der Waals surface area contributed by atoms with Gasteiger partial charge in [0.15, 0.2) is 0 Å². The average Bonchev–Trinajstić information content (AvgIpc) is 2.61. The monoisotopic (exact) mass is 323 g/mol. The first-order chi connectivity index (χ1) is 11.4. The summed E-state index contributed by atoms with van der Waals surface area (Å²) in [6.07, 6.45) is 2.53. The summed E-state index contributed by atoms with van der Waals surface area (Å²) < 4.78 is 0. The van der Waals surface area contributed by atoms with Gasteiger partial charge < -0.3 is 10.2 Å². The molecular weight excluding hydrogens is 310 g/mol. The standard InChI is InChI=1S/C10H7NO2.C8H6O3/c11-7-9-3-1-8(2-4-9)5-6-10(12)13;9-7(8(10)11)6-4-2-1-3-5-6/h1-6H,(H,12,13);1-5H,(H,10,11). The zero-order valence-corrected chi connectivity index (χ0v) is 12.4. The van der Waals surface area contributed by atoms with Gasteiger partial charge in [-0.2, -0.15) is 5.26 Å². The molecule has 6 nitrogen and oxygen atoms in total. The molecular formula is C18H13NO5. The van der Waals surface area contributed by atoms with Crippen LogP contribution in [0.4, 0.5) is 0 Å². The highest BCUT2D eigenvalue weighted by Crippen LogP contribution is 2.04. The molecule has 2 aromatic carbocycles. The smallest absolute Gasteiger partial charge is 0.377 e. The summed E-state index contributed by atoms with van der Waals surface area (Å²) in [4.78, 5) is 31.1. The number of rotatable bonds is 4. The Labute approximate surface area is 137 Å². The van der Waals surface area contributed by atoms with E-state index in [2.05, 4.69) is 0 Å². The molecule has 0 radical (unpaired) electrons. The third-order valence-electron chi connectivity index (χ3n) is 2.69. The first-order valence-corrected chi connectivity index (χ1v) is 6.68. The van der Waals surface area contributed by atoms with Crippen LogP contribution >= 0.6 is 0 Å². The summed E-state index contributed by atoms with van der Waals surface area (Å²) in [5.41, 5.74) is 1.54. The lowest BCUT2D eigenvalue weighted by atomic mass is 10.1. The zero-order valence-electron chi connectivity index (χ0n) is 12.4. The predicted molar refractivity (Wildman–Crippen MR) is 86.2 cm³/mol. The molecule has 0 spiro atoms. The number of benzene rings is 2. The van der Waals surface area contributed by atoms with Crippen molar-refractivity contribution in [1.29, 1.82) is 5.26 Å². The number of nitrogens with zero attached hydrogens (tertiary/aromatic N) is 1. The highest BCUT2D eigenvalue weighted by Gasteiger charge is 2.12. The molecule has 0 atom stereocenters. The van der Waals surface area contributed by atoms with E-state index in [-0.39, 0.29) is 5.56 Å². The van der Waals surface area contributed by atoms with Crippen LogP contribution in [-0.4, -0.2) is 27.9 Å². The van der Waals surface area contributed by atoms with Crippen molar-refractivity contribution in [1.82, 2.24) is 0 Å². The second kappa shape index (κ2) is 9.33. The number of carbonyl (C=O) groups excluding carboxylic acids is 1. The van der Waals surface area contributed by atoms with E-state index < -0.39 is 17.7 Å². The highest BCUT2D eigenvalue weighted by molar-refractivity contribution is 6.39. The topological polar surface area (TPSA) is 115 Å². The van der Waals surface area contributed by atoms with Crippen molar-refractivity contribution in [2.45, 2.75) is 0 Å². The molecule has 0 aliphatic rings. The summed E-state index contributed by atoms with van der Waals surface area (Å²) >= 11 is 0. The molecule has 6 heteroatoms. The van der Waals surface area contributed by atoms with Crippen LogP contribution in [0.15, 0.2) is 60.7 Å². The van der Waals surface area contributed by atoms with Crippen molar-refractivity contribution in [3.05, 3.63) is 77.4 Å². The summed E-state index contributed by atoms with van der Waals surface area (Å²) in [7, 11) is 0. The van der Waals surface area contributed by atoms with Crippen LogP contribution in [0.2, 0.25) is 0 Å². The number of Topliss-reactive ketones (excluding diaryl/α,β-unsaturated/α-hetero) is 1. The molecule has 0 amide bonds. The van der Waals surface area contributed by atoms with E-state index in [1.807, 2.05) is 6.07 Å². The number of ketones is 1. The summed E-state index contributed by atoms with van der Waals surface area (Å²) in [5, 5.41) is 25.1. The Morgan fingerprint density at radius 1 is 0.917 bits per heavy atom. The van der Waals surface area contributed by atoms with Crippen molar-refractivity contribution >= 4 is 23.8 Å². The van der Waals surface area contributed by atoms with Gasteiger partial charge in [0.1, 0.15) is 0 Å². The fourth-order valence-corrected chi connectivity index (χ4v) is 1.55. The van der Waals surface area contributed by atoms with Gasteiger partial charge in [-0.1, -0.05) is 42.5 Å². The molecule has 0 fully saturated rings. The van der Waals surface area contributed by atoms with Crippen LogP contribution in [0.5, 0.6) is 0 Å². The molecule has 0 aliphatic carbocycles. The van der Waals surface area contributed by atoms with Gasteiger partial charge in [0.25, 0.3) is 5.78 Å². The number of hydrogen-bond donors (Lipinski definition) is 2. The summed E-state index contributed by atoms with van der Waals surface area (Å²) in [6, 6.07) is 16.5. The van der Waals surface area contributed by atoms with Crippen molar-refractivity contribution in [3.63, 3.8) is 0 Å². The van der Waals surface area contributed by atoms with Gasteiger partial charge >= 0.3 is 11.9 Å². The lowest BCUT2D eigenvalue weighted by Gasteiger charge is -1.91. The van der Waals surface area contributed by atoms with Crippen molar-refractivity contribution < 1.29 is 24.6 Å². The third kappa shape index (κ3) is 6.37. The Morgan fingerprint density at radius 3 is 1.96 bits per heavy atom. The van der Waals surface area contributed by atoms with E-state index >= 15 is 0 Å². The van der Waals surface area contributed by atoms with Gasteiger partial charge in [0.05, 0.1) is 11.6 Å². The Balaban J connectivity index is 0.000000243. The Kier molecular flexibility index (Phi) is 7.12. The average molecular weight is 323 g/mol. The molecule has 2 N–H and O–H groups in total. The Bertz CT molecular complexity index is 786. The van der Waals surface area contributed by atoms with Crippen LogP contribution in [0.1, 0.15) is 21.5 Å². The van der Waals surface area contributed by atoms with Crippen molar-refractivity contribution in [3.8, 4) is 6.07 Å². The zero-order chi connectivity index (χ0) is 17.9. The molecule has 24 heavy (non-hydrogen) atoms. The van der Waals surface area contributed by atoms with Gasteiger partial charge in [-0.05, 0) is 23.8 Å². The van der Waals surface area contributed by atoms with E-state index in [0.29, 0.717) is 5.56 Å². The van der Waals surface area contributed by atoms with Crippen LogP contribution in [0, 0.1) is 11.3 Å². The number of hydrogen-bond acceptors (Lipinski definition) is 4. The molecule has 2 aromatic rings. The summed E-state index contributed by atoms with van der Waals surface area (Å²) in [6.45, 7) is 0. The first kappa shape index (κ1) is 18.3. The van der Waals surface area contributed by atoms with Crippen LogP contribution in [0.3, 0.4) is 0 Å². The van der Waals surface area contributed by atoms with Crippen molar-refractivity contribution in [2.75, 3.05) is 0 Å². The second-order valence-corrected chi connectivity index (χ2v) is 4.41. The number of aliphatic carboxylic acids is 2. The lowest BCUT2D eigenvalue weighted by molar-refractivity contribution is -0.132. The molecule has 0 aliphatic heterocycles. The SMILES string of the molecule is N#Cc1ccc(C=CC(=O)O)cc1.O=C(O)C(=O)c1ccccc1. The molecule has 2 rings (SSSR count). The maximum absolute atomic E-state index is 10.7. The van der Waals surface area contributed by atoms with E-state index in [0.717, 1.165) is 11.6 Å². The second-order valence-electron chi connectivity index (χ2n) is 4.41. The normalized spacial score (nSPS) is 9.46. The van der Waals surface area contributed by atoms with Gasteiger partial charge in [0.2, 0.25) is 0 Å². The first-order valence-electron chi connectivity index (χ1n) is 6.68. The van der Waals surface area contributed by atoms with Crippen LogP contribution in [0.25, 0.3) is 6.08 Å². The minimum absolute atomic E-state index is 0.208. The molecule has 0 saturated heterocycles. The van der Waals surface area contributed by atoms with Gasteiger partial charge in [-0.15, -0.1) is 0 Å². The number of nitriles is 1. The molecule has 0 aromatic heterocycles. The lowest BCUT2D eigenvalue weighted by Crippen LogP contribution is -2.12. The maximum Gasteiger partial charge on any atom is 0.377 e. The highest BCUT2D eigenvalue weighted by atomic mass is 16.4. The maximum atomic E-state index is 10.7. The van der Waals surface area contributed by atoms with Crippen LogP contribution in [-0.2, 0) is 9.59 Å². The Morgan fingerprint density at radius 2 is 1.50 bits per heavy atom. The number of carboxylic acid groups (broad SMARTS) is 2. The molecule has 0 heterocycles. The quantitative estimate of drug-likeness (QED) is 0.507. The summed E-state index contributed by atoms with van der Waals surface area (Å²) in [5.74, 6) is -3.27. The van der Waals surface area contributed by atoms with Gasteiger partial charge in [-0.3, -0.25) is 4.79 Å². The molecule has 120 valence electrons. The molecule has 0 unspecified atom stereocenters. The largest absolute Gasteiger partial charge is 0.478 e. The third-order valence-corrected chi connectivity index (χ3v) is 2.69. The van der Waals surface area contributed by atoms with E-state index in [9.17, 15) is 14.4 Å². The van der Waals surface area contributed by atoms with Crippen molar-refractivity contribution in [2.24, 2.45) is 0 Å². The number of carboxylic acids is 2. The fourth-order valence-electron chi connectivity index (χ4n) is 1.55. The van der Waals surface area contributed by atoms with Crippen LogP contribution < -0.4 is 0 Å². The Hall–Kier alpha value is -3.72. The molecule has 0 saturated carbocycles. The predicted octanol–water partition coefficient (Wildman–Crippen LogP) is 2.61. The van der Waals surface area contributed by atoms with E-state index in [4.69, 9.17) is 15.5 Å². The van der Waals surface area contributed by atoms with Gasteiger partial charge in [0, 0.05) is 11.6 Å².